The molecule has 0 fully saturated rings. The zero-order valence-corrected chi connectivity index (χ0v) is 16.2. The molecule has 0 aliphatic rings. The first-order chi connectivity index (χ1) is 11.9. The first kappa shape index (κ1) is 19.1. The Labute approximate surface area is 154 Å². The van der Waals surface area contributed by atoms with Crippen molar-refractivity contribution in [1.82, 2.24) is 4.83 Å². The Hall–Kier alpha value is -2.26. The number of methoxy groups -OCH3 is 3. The van der Waals surface area contributed by atoms with E-state index in [0.717, 1.165) is 4.47 Å². The van der Waals surface area contributed by atoms with Crippen LogP contribution < -0.4 is 19.0 Å². The zero-order valence-electron chi connectivity index (χ0n) is 13.8. The molecule has 2 aromatic rings. The summed E-state index contributed by atoms with van der Waals surface area (Å²) in [4.78, 5) is 2.27. The lowest BCUT2D eigenvalue weighted by molar-refractivity contribution is 0.324. The van der Waals surface area contributed by atoms with Gasteiger partial charge in [0.2, 0.25) is 5.75 Å². The number of hydrogen-bond donors (Lipinski definition) is 1. The summed E-state index contributed by atoms with van der Waals surface area (Å²) in [7, 11) is 0.742. The maximum absolute atomic E-state index is 12.2. The Morgan fingerprint density at radius 2 is 1.56 bits per heavy atom. The first-order valence-electron chi connectivity index (χ1n) is 7.01. The van der Waals surface area contributed by atoms with Crippen LogP contribution in [0.1, 0.15) is 5.56 Å². The summed E-state index contributed by atoms with van der Waals surface area (Å²) in [6.45, 7) is 0. The number of ether oxygens (including phenoxy) is 3. The Morgan fingerprint density at radius 3 is 2.04 bits per heavy atom. The molecule has 25 heavy (non-hydrogen) atoms. The number of halogens is 1. The van der Waals surface area contributed by atoms with Crippen LogP contribution >= 0.6 is 15.9 Å². The number of benzene rings is 2. The summed E-state index contributed by atoms with van der Waals surface area (Å²) in [6.07, 6.45) is 1.35. The highest BCUT2D eigenvalue weighted by Gasteiger charge is 2.14. The molecule has 2 rings (SSSR count). The Kier molecular flexibility index (Phi) is 6.27. The SMILES string of the molecule is COc1cc(/C=N/NS(=O)(=O)c2ccc(Br)cc2)cc(OC)c1OC. The molecule has 0 aliphatic carbocycles. The van der Waals surface area contributed by atoms with Gasteiger partial charge in [-0.1, -0.05) is 15.9 Å². The van der Waals surface area contributed by atoms with Gasteiger partial charge >= 0.3 is 0 Å². The van der Waals surface area contributed by atoms with E-state index in [1.807, 2.05) is 0 Å². The fourth-order valence-corrected chi connectivity index (χ4v) is 3.07. The highest BCUT2D eigenvalue weighted by molar-refractivity contribution is 9.10. The van der Waals surface area contributed by atoms with Crippen LogP contribution in [0.3, 0.4) is 0 Å². The van der Waals surface area contributed by atoms with Crippen LogP contribution in [0.2, 0.25) is 0 Å². The van der Waals surface area contributed by atoms with E-state index in [4.69, 9.17) is 14.2 Å². The van der Waals surface area contributed by atoms with Crippen molar-refractivity contribution < 1.29 is 22.6 Å². The highest BCUT2D eigenvalue weighted by atomic mass is 79.9. The average molecular weight is 429 g/mol. The molecule has 0 amide bonds. The third kappa shape index (κ3) is 4.64. The van der Waals surface area contributed by atoms with Gasteiger partial charge in [0.25, 0.3) is 10.0 Å². The van der Waals surface area contributed by atoms with E-state index in [-0.39, 0.29) is 4.90 Å². The van der Waals surface area contributed by atoms with E-state index in [0.29, 0.717) is 22.8 Å². The summed E-state index contributed by atoms with van der Waals surface area (Å²) >= 11 is 3.26. The van der Waals surface area contributed by atoms with E-state index in [1.54, 1.807) is 24.3 Å². The van der Waals surface area contributed by atoms with E-state index < -0.39 is 10.0 Å². The molecule has 0 saturated heterocycles. The summed E-state index contributed by atoms with van der Waals surface area (Å²) < 4.78 is 40.8. The maximum Gasteiger partial charge on any atom is 0.276 e. The molecule has 0 radical (unpaired) electrons. The summed E-state index contributed by atoms with van der Waals surface area (Å²) in [5.74, 6) is 1.33. The molecule has 2 aromatic carbocycles. The van der Waals surface area contributed by atoms with Crippen LogP contribution in [0.25, 0.3) is 0 Å². The average Bonchev–Trinajstić information content (AvgIpc) is 2.61. The molecule has 0 spiro atoms. The molecular weight excluding hydrogens is 412 g/mol. The largest absolute Gasteiger partial charge is 0.493 e. The molecule has 7 nitrogen and oxygen atoms in total. The summed E-state index contributed by atoms with van der Waals surface area (Å²) in [5, 5.41) is 3.79. The third-order valence-electron chi connectivity index (χ3n) is 3.20. The Balaban J connectivity index is 2.23. The molecule has 134 valence electrons. The number of nitrogens with zero attached hydrogens (tertiary/aromatic N) is 1. The van der Waals surface area contributed by atoms with Crippen LogP contribution in [0.4, 0.5) is 0 Å². The van der Waals surface area contributed by atoms with Crippen molar-refractivity contribution >= 4 is 32.2 Å². The Bertz CT molecular complexity index is 842. The Morgan fingerprint density at radius 1 is 1.00 bits per heavy atom. The number of rotatable bonds is 7. The lowest BCUT2D eigenvalue weighted by Crippen LogP contribution is -2.18. The van der Waals surface area contributed by atoms with Gasteiger partial charge in [0.05, 0.1) is 32.4 Å². The van der Waals surface area contributed by atoms with Crippen LogP contribution in [-0.4, -0.2) is 36.0 Å². The summed E-state index contributed by atoms with van der Waals surface area (Å²) in [5.41, 5.74) is 0.577. The second kappa shape index (κ2) is 8.21. The van der Waals surface area contributed by atoms with Crippen molar-refractivity contribution in [3.63, 3.8) is 0 Å². The predicted molar refractivity (Wildman–Crippen MR) is 98.2 cm³/mol. The maximum atomic E-state index is 12.2. The van der Waals surface area contributed by atoms with Gasteiger partial charge in [-0.05, 0) is 36.4 Å². The minimum atomic E-state index is -3.75. The lowest BCUT2D eigenvalue weighted by atomic mass is 10.2. The van der Waals surface area contributed by atoms with Crippen molar-refractivity contribution in [3.8, 4) is 17.2 Å². The van der Waals surface area contributed by atoms with E-state index in [1.165, 1.54) is 39.7 Å². The molecule has 0 atom stereocenters. The van der Waals surface area contributed by atoms with Crippen molar-refractivity contribution in [1.29, 1.82) is 0 Å². The number of hydrogen-bond acceptors (Lipinski definition) is 6. The zero-order chi connectivity index (χ0) is 18.4. The second-order valence-electron chi connectivity index (χ2n) is 4.77. The molecule has 0 bridgehead atoms. The van der Waals surface area contributed by atoms with Crippen molar-refractivity contribution in [2.45, 2.75) is 4.90 Å². The molecule has 0 heterocycles. The number of sulfonamides is 1. The van der Waals surface area contributed by atoms with Crippen molar-refractivity contribution in [3.05, 3.63) is 46.4 Å². The van der Waals surface area contributed by atoms with Crippen LogP contribution in [0.5, 0.6) is 17.2 Å². The van der Waals surface area contributed by atoms with E-state index in [2.05, 4.69) is 25.9 Å². The number of hydrazone groups is 1. The molecular formula is C16H17BrN2O5S. The minimum absolute atomic E-state index is 0.109. The van der Waals surface area contributed by atoms with Gasteiger partial charge in [-0.2, -0.15) is 13.5 Å². The standard InChI is InChI=1S/C16H17BrN2O5S/c1-22-14-8-11(9-15(23-2)16(14)24-3)10-18-19-25(20,21)13-6-4-12(17)5-7-13/h4-10,19H,1-3H3/b18-10+. The van der Waals surface area contributed by atoms with Gasteiger partial charge in [-0.15, -0.1) is 0 Å². The van der Waals surface area contributed by atoms with Crippen LogP contribution in [0.15, 0.2) is 50.9 Å². The normalized spacial score (nSPS) is 11.4. The molecule has 0 saturated carbocycles. The van der Waals surface area contributed by atoms with Crippen molar-refractivity contribution in [2.75, 3.05) is 21.3 Å². The smallest absolute Gasteiger partial charge is 0.276 e. The van der Waals surface area contributed by atoms with Crippen molar-refractivity contribution in [2.24, 2.45) is 5.10 Å². The van der Waals surface area contributed by atoms with Gasteiger partial charge < -0.3 is 14.2 Å². The fourth-order valence-electron chi connectivity index (χ4n) is 2.01. The topological polar surface area (TPSA) is 86.2 Å². The minimum Gasteiger partial charge on any atom is -0.493 e. The monoisotopic (exact) mass is 428 g/mol. The fraction of sp³-hybridized carbons (Fsp3) is 0.188. The van der Waals surface area contributed by atoms with Gasteiger partial charge in [0.1, 0.15) is 0 Å². The lowest BCUT2D eigenvalue weighted by Gasteiger charge is -2.12. The van der Waals surface area contributed by atoms with Gasteiger partial charge in [0, 0.05) is 10.0 Å². The van der Waals surface area contributed by atoms with E-state index >= 15 is 0 Å². The van der Waals surface area contributed by atoms with Gasteiger partial charge in [-0.25, -0.2) is 4.83 Å². The first-order valence-corrected chi connectivity index (χ1v) is 9.29. The molecule has 0 aliphatic heterocycles. The highest BCUT2D eigenvalue weighted by Crippen LogP contribution is 2.37. The van der Waals surface area contributed by atoms with E-state index in [9.17, 15) is 8.42 Å². The molecule has 0 unspecified atom stereocenters. The quantitative estimate of drug-likeness (QED) is 0.541. The molecule has 9 heteroatoms. The van der Waals surface area contributed by atoms with Gasteiger partial charge in [0.15, 0.2) is 11.5 Å². The van der Waals surface area contributed by atoms with Crippen LogP contribution in [0, 0.1) is 0 Å². The molecule has 1 N–H and O–H groups in total. The van der Waals surface area contributed by atoms with Crippen LogP contribution in [-0.2, 0) is 10.0 Å². The summed E-state index contributed by atoms with van der Waals surface area (Å²) in [6, 6.07) is 9.52. The number of nitrogens with one attached hydrogen (secondary N) is 1. The third-order valence-corrected chi connectivity index (χ3v) is 4.96. The predicted octanol–water partition coefficient (Wildman–Crippen LogP) is 2.79. The molecule has 0 aromatic heterocycles. The van der Waals surface area contributed by atoms with Gasteiger partial charge in [-0.3, -0.25) is 0 Å². The second-order valence-corrected chi connectivity index (χ2v) is 7.34.